The Morgan fingerprint density at radius 1 is 1.61 bits per heavy atom. The predicted octanol–water partition coefficient (Wildman–Crippen LogP) is 2.31. The number of hydrogen-bond donors (Lipinski definition) is 1. The van der Waals surface area contributed by atoms with Gasteiger partial charge in [0, 0.05) is 24.1 Å². The quantitative estimate of drug-likeness (QED) is 0.907. The maximum Gasteiger partial charge on any atom is 0.213 e. The molecule has 2 heterocycles. The van der Waals surface area contributed by atoms with Crippen LogP contribution in [0.2, 0.25) is 0 Å². The molecule has 0 radical (unpaired) electrons. The molecular formula is C13H19N3OS. The Bertz CT molecular complexity index is 434. The molecule has 5 heteroatoms. The van der Waals surface area contributed by atoms with E-state index >= 15 is 0 Å². The average molecular weight is 265 g/mol. The Hall–Kier alpha value is -1.23. The van der Waals surface area contributed by atoms with Gasteiger partial charge in [-0.25, -0.2) is 4.98 Å². The zero-order valence-electron chi connectivity index (χ0n) is 11.0. The summed E-state index contributed by atoms with van der Waals surface area (Å²) in [7, 11) is 1.62. The Morgan fingerprint density at radius 2 is 2.44 bits per heavy atom. The molecule has 18 heavy (non-hydrogen) atoms. The van der Waals surface area contributed by atoms with Crippen molar-refractivity contribution in [2.75, 3.05) is 12.9 Å². The number of nitrogens with one attached hydrogen (secondary N) is 1. The largest absolute Gasteiger partial charge is 0.481 e. The summed E-state index contributed by atoms with van der Waals surface area (Å²) < 4.78 is 5.09. The van der Waals surface area contributed by atoms with E-state index < -0.39 is 0 Å². The molecule has 1 N–H and O–H groups in total. The standard InChI is InChI=1S/C13H19N3OS/c1-9(2)11-8-18-13(16-11)15-7-10-4-5-14-12(6-10)17-3/h4-6,9,11H,7-8H2,1-3H3,(H,15,16). The highest BCUT2D eigenvalue weighted by molar-refractivity contribution is 8.14. The molecule has 0 aromatic carbocycles. The summed E-state index contributed by atoms with van der Waals surface area (Å²) in [4.78, 5) is 8.67. The maximum atomic E-state index is 5.09. The van der Waals surface area contributed by atoms with E-state index in [1.807, 2.05) is 12.1 Å². The van der Waals surface area contributed by atoms with Gasteiger partial charge in [-0.05, 0) is 17.5 Å². The second-order valence-corrected chi connectivity index (χ2v) is 5.64. The molecule has 98 valence electrons. The molecule has 1 unspecified atom stereocenters. The maximum absolute atomic E-state index is 5.09. The van der Waals surface area contributed by atoms with Crippen LogP contribution in [-0.2, 0) is 6.54 Å². The van der Waals surface area contributed by atoms with Crippen LogP contribution in [0.1, 0.15) is 19.4 Å². The van der Waals surface area contributed by atoms with Crippen molar-refractivity contribution in [1.29, 1.82) is 0 Å². The van der Waals surface area contributed by atoms with Gasteiger partial charge in [-0.1, -0.05) is 25.6 Å². The molecule has 1 aliphatic heterocycles. The average Bonchev–Trinajstić information content (AvgIpc) is 2.85. The monoisotopic (exact) mass is 265 g/mol. The minimum Gasteiger partial charge on any atom is -0.481 e. The number of methoxy groups -OCH3 is 1. The fraction of sp³-hybridized carbons (Fsp3) is 0.538. The third-order valence-corrected chi connectivity index (χ3v) is 3.97. The Kier molecular flexibility index (Phi) is 4.47. The summed E-state index contributed by atoms with van der Waals surface area (Å²) in [6.45, 7) is 5.13. The van der Waals surface area contributed by atoms with Crippen LogP contribution < -0.4 is 10.1 Å². The lowest BCUT2D eigenvalue weighted by atomic mass is 10.1. The molecule has 1 fully saturated rings. The second kappa shape index (κ2) is 6.09. The van der Waals surface area contributed by atoms with Crippen molar-refractivity contribution in [2.45, 2.75) is 26.4 Å². The van der Waals surface area contributed by atoms with Crippen LogP contribution in [0.15, 0.2) is 23.3 Å². The lowest BCUT2D eigenvalue weighted by molar-refractivity contribution is 0.397. The fourth-order valence-corrected chi connectivity index (χ4v) is 2.88. The van der Waals surface area contributed by atoms with Crippen molar-refractivity contribution in [2.24, 2.45) is 10.9 Å². The normalized spacial score (nSPS) is 21.3. The van der Waals surface area contributed by atoms with Crippen molar-refractivity contribution in [3.8, 4) is 5.88 Å². The molecule has 0 amide bonds. The van der Waals surface area contributed by atoms with E-state index in [1.165, 1.54) is 0 Å². The highest BCUT2D eigenvalue weighted by Crippen LogP contribution is 2.19. The van der Waals surface area contributed by atoms with Gasteiger partial charge < -0.3 is 10.1 Å². The van der Waals surface area contributed by atoms with Crippen molar-refractivity contribution in [3.63, 3.8) is 0 Å². The first-order valence-corrected chi connectivity index (χ1v) is 7.10. The number of amidine groups is 1. The SMILES string of the molecule is COc1cc(CN=C2NC(C(C)C)CS2)ccn1. The summed E-state index contributed by atoms with van der Waals surface area (Å²) in [6.07, 6.45) is 1.75. The number of ether oxygens (including phenoxy) is 1. The predicted molar refractivity (Wildman–Crippen MR) is 76.1 cm³/mol. The number of pyridine rings is 1. The summed E-state index contributed by atoms with van der Waals surface area (Å²) >= 11 is 1.80. The van der Waals surface area contributed by atoms with Crippen molar-refractivity contribution in [1.82, 2.24) is 10.3 Å². The van der Waals surface area contributed by atoms with E-state index in [1.54, 1.807) is 25.1 Å². The minimum absolute atomic E-state index is 0.542. The number of rotatable bonds is 4. The smallest absolute Gasteiger partial charge is 0.213 e. The van der Waals surface area contributed by atoms with Gasteiger partial charge in [0.15, 0.2) is 5.17 Å². The minimum atomic E-state index is 0.542. The van der Waals surface area contributed by atoms with Gasteiger partial charge in [0.1, 0.15) is 0 Å². The first-order chi connectivity index (χ1) is 8.69. The Labute approximate surface area is 112 Å². The van der Waals surface area contributed by atoms with E-state index in [0.29, 0.717) is 24.4 Å². The van der Waals surface area contributed by atoms with Gasteiger partial charge in [0.2, 0.25) is 5.88 Å². The van der Waals surface area contributed by atoms with Gasteiger partial charge in [-0.15, -0.1) is 0 Å². The zero-order valence-corrected chi connectivity index (χ0v) is 11.8. The topological polar surface area (TPSA) is 46.5 Å². The van der Waals surface area contributed by atoms with E-state index in [0.717, 1.165) is 16.5 Å². The highest BCUT2D eigenvalue weighted by atomic mass is 32.2. The Morgan fingerprint density at radius 3 is 3.11 bits per heavy atom. The molecule has 0 aliphatic carbocycles. The van der Waals surface area contributed by atoms with Gasteiger partial charge >= 0.3 is 0 Å². The lowest BCUT2D eigenvalue weighted by Gasteiger charge is -2.13. The van der Waals surface area contributed by atoms with E-state index in [-0.39, 0.29) is 0 Å². The van der Waals surface area contributed by atoms with Gasteiger partial charge in [-0.3, -0.25) is 4.99 Å². The van der Waals surface area contributed by atoms with E-state index in [4.69, 9.17) is 4.74 Å². The fourth-order valence-electron chi connectivity index (χ4n) is 1.68. The third-order valence-electron chi connectivity index (χ3n) is 2.93. The molecule has 2 rings (SSSR count). The number of nitrogens with zero attached hydrogens (tertiary/aromatic N) is 2. The van der Waals surface area contributed by atoms with Crippen LogP contribution in [0.25, 0.3) is 0 Å². The van der Waals surface area contributed by atoms with E-state index in [2.05, 4.69) is 29.1 Å². The Balaban J connectivity index is 1.94. The summed E-state index contributed by atoms with van der Waals surface area (Å²) in [5.41, 5.74) is 1.12. The summed E-state index contributed by atoms with van der Waals surface area (Å²) in [5.74, 6) is 2.39. The van der Waals surface area contributed by atoms with Crippen LogP contribution in [0.5, 0.6) is 5.88 Å². The van der Waals surface area contributed by atoms with Crippen molar-refractivity contribution >= 4 is 16.9 Å². The van der Waals surface area contributed by atoms with Crippen LogP contribution >= 0.6 is 11.8 Å². The first kappa shape index (κ1) is 13.2. The second-order valence-electron chi connectivity index (χ2n) is 4.63. The third kappa shape index (κ3) is 3.38. The van der Waals surface area contributed by atoms with Gasteiger partial charge in [0.25, 0.3) is 0 Å². The number of hydrogen-bond acceptors (Lipinski definition) is 4. The van der Waals surface area contributed by atoms with Crippen LogP contribution in [-0.4, -0.2) is 29.1 Å². The van der Waals surface area contributed by atoms with Crippen molar-refractivity contribution in [3.05, 3.63) is 23.9 Å². The molecule has 0 spiro atoms. The molecular weight excluding hydrogens is 246 g/mol. The van der Waals surface area contributed by atoms with Crippen LogP contribution in [0.3, 0.4) is 0 Å². The van der Waals surface area contributed by atoms with Gasteiger partial charge in [0.05, 0.1) is 13.7 Å². The first-order valence-electron chi connectivity index (χ1n) is 6.11. The van der Waals surface area contributed by atoms with Crippen LogP contribution in [0.4, 0.5) is 0 Å². The zero-order chi connectivity index (χ0) is 13.0. The molecule has 0 saturated carbocycles. The lowest BCUT2D eigenvalue weighted by Crippen LogP contribution is -2.31. The molecule has 4 nitrogen and oxygen atoms in total. The molecule has 1 aromatic rings. The summed E-state index contributed by atoms with van der Waals surface area (Å²) in [5, 5.41) is 4.50. The molecule has 0 bridgehead atoms. The van der Waals surface area contributed by atoms with Crippen LogP contribution in [0, 0.1) is 5.92 Å². The highest BCUT2D eigenvalue weighted by Gasteiger charge is 2.22. The molecule has 1 saturated heterocycles. The molecule has 1 aliphatic rings. The van der Waals surface area contributed by atoms with Gasteiger partial charge in [-0.2, -0.15) is 0 Å². The number of thioether (sulfide) groups is 1. The number of aliphatic imine (C=N–C) groups is 1. The molecule has 1 atom stereocenters. The van der Waals surface area contributed by atoms with Crippen molar-refractivity contribution < 1.29 is 4.74 Å². The molecule has 1 aromatic heterocycles. The number of aromatic nitrogens is 1. The summed E-state index contributed by atoms with van der Waals surface area (Å²) in [6, 6.07) is 4.43. The van der Waals surface area contributed by atoms with E-state index in [9.17, 15) is 0 Å².